The van der Waals surface area contributed by atoms with Crippen molar-refractivity contribution in [2.24, 2.45) is 0 Å². The summed E-state index contributed by atoms with van der Waals surface area (Å²) >= 11 is 0. The number of nitrogens with zero attached hydrogens (tertiary/aromatic N) is 1. The molecule has 0 aliphatic heterocycles. The molecule has 1 aromatic heterocycles. The van der Waals surface area contributed by atoms with Gasteiger partial charge in [-0.1, -0.05) is 12.1 Å². The van der Waals surface area contributed by atoms with Crippen LogP contribution in [0.5, 0.6) is 0 Å². The van der Waals surface area contributed by atoms with Gasteiger partial charge in [-0.2, -0.15) is 0 Å². The summed E-state index contributed by atoms with van der Waals surface area (Å²) in [6, 6.07) is 10.1. The smallest absolute Gasteiger partial charge is 0.307 e. The lowest BCUT2D eigenvalue weighted by Gasteiger charge is -2.11. The van der Waals surface area contributed by atoms with Crippen molar-refractivity contribution in [3.63, 3.8) is 0 Å². The highest BCUT2D eigenvalue weighted by Gasteiger charge is 2.26. The number of benzene rings is 2. The maximum absolute atomic E-state index is 13.7. The van der Waals surface area contributed by atoms with Crippen LogP contribution in [-0.4, -0.2) is 23.5 Å². The number of aryl methyl sites for hydroxylation is 1. The number of fused-ring (bicyclic) bond motifs is 1. The van der Waals surface area contributed by atoms with Crippen LogP contribution in [0.2, 0.25) is 0 Å². The second kappa shape index (κ2) is 6.00. The van der Waals surface area contributed by atoms with E-state index >= 15 is 0 Å². The Morgan fingerprint density at radius 3 is 2.52 bits per heavy atom. The normalized spacial score (nSPS) is 11.8. The Labute approximate surface area is 144 Å². The molecule has 0 unspecified atom stereocenters. The predicted octanol–water partition coefficient (Wildman–Crippen LogP) is 3.26. The van der Waals surface area contributed by atoms with Gasteiger partial charge in [0.2, 0.25) is 0 Å². The van der Waals surface area contributed by atoms with E-state index in [4.69, 9.17) is 5.11 Å². The lowest BCUT2D eigenvalue weighted by Crippen LogP contribution is -2.15. The minimum Gasteiger partial charge on any atom is -0.481 e. The molecule has 2 aromatic carbocycles. The van der Waals surface area contributed by atoms with E-state index in [1.165, 1.54) is 25.1 Å². The molecule has 0 aliphatic rings. The van der Waals surface area contributed by atoms with Gasteiger partial charge in [-0.05, 0) is 55.3 Å². The van der Waals surface area contributed by atoms with Crippen molar-refractivity contribution in [1.82, 2.24) is 3.97 Å². The largest absolute Gasteiger partial charge is 0.481 e. The van der Waals surface area contributed by atoms with Crippen LogP contribution in [-0.2, 0) is 21.2 Å². The van der Waals surface area contributed by atoms with Crippen LogP contribution in [0.3, 0.4) is 0 Å². The first kappa shape index (κ1) is 17.2. The fourth-order valence-electron chi connectivity index (χ4n) is 2.99. The molecule has 7 heteroatoms. The Hall–Kier alpha value is -2.67. The Balaban J connectivity index is 2.36. The molecule has 3 rings (SSSR count). The topological polar surface area (TPSA) is 76.4 Å². The van der Waals surface area contributed by atoms with Gasteiger partial charge in [-0.3, -0.25) is 4.79 Å². The molecule has 1 N–H and O–H groups in total. The van der Waals surface area contributed by atoms with Crippen LogP contribution in [0.4, 0.5) is 4.39 Å². The average molecular weight is 361 g/mol. The fraction of sp³-hybridized carbons (Fsp3) is 0.167. The highest BCUT2D eigenvalue weighted by atomic mass is 32.2. The average Bonchev–Trinajstić information content (AvgIpc) is 2.79. The molecule has 3 aromatic rings. The van der Waals surface area contributed by atoms with E-state index in [1.54, 1.807) is 25.1 Å². The minimum absolute atomic E-state index is 0.0960. The summed E-state index contributed by atoms with van der Waals surface area (Å²) < 4.78 is 41.0. The SMILES string of the molecule is Cc1cccc(S(=O)(=O)n2c(C)c(CC(=O)O)c3cc(F)ccc32)c1. The first-order valence-corrected chi connectivity index (χ1v) is 8.99. The summed E-state index contributed by atoms with van der Waals surface area (Å²) in [5.41, 5.74) is 1.60. The molecule has 0 amide bonds. The van der Waals surface area contributed by atoms with Crippen molar-refractivity contribution in [3.05, 3.63) is 65.1 Å². The maximum Gasteiger partial charge on any atom is 0.307 e. The first-order valence-electron chi connectivity index (χ1n) is 7.55. The minimum atomic E-state index is -3.95. The Kier molecular flexibility index (Phi) is 4.12. The number of rotatable bonds is 4. The Morgan fingerprint density at radius 2 is 1.88 bits per heavy atom. The zero-order chi connectivity index (χ0) is 18.4. The van der Waals surface area contributed by atoms with E-state index < -0.39 is 21.8 Å². The third-order valence-electron chi connectivity index (χ3n) is 4.10. The van der Waals surface area contributed by atoms with Gasteiger partial charge in [-0.15, -0.1) is 0 Å². The summed E-state index contributed by atoms with van der Waals surface area (Å²) in [4.78, 5) is 11.3. The molecule has 0 fully saturated rings. The predicted molar refractivity (Wildman–Crippen MR) is 91.7 cm³/mol. The molecule has 0 saturated heterocycles. The molecule has 5 nitrogen and oxygen atoms in total. The highest BCUT2D eigenvalue weighted by molar-refractivity contribution is 7.90. The van der Waals surface area contributed by atoms with E-state index in [-0.39, 0.29) is 27.9 Å². The lowest BCUT2D eigenvalue weighted by molar-refractivity contribution is -0.136. The van der Waals surface area contributed by atoms with Gasteiger partial charge in [0.15, 0.2) is 0 Å². The number of carboxylic acid groups (broad SMARTS) is 1. The van der Waals surface area contributed by atoms with Gasteiger partial charge in [0.1, 0.15) is 5.82 Å². The van der Waals surface area contributed by atoms with Gasteiger partial charge in [0.05, 0.1) is 16.8 Å². The number of aromatic nitrogens is 1. The Morgan fingerprint density at radius 1 is 1.16 bits per heavy atom. The van der Waals surface area contributed by atoms with Crippen LogP contribution in [0.25, 0.3) is 10.9 Å². The van der Waals surface area contributed by atoms with E-state index in [1.807, 2.05) is 0 Å². The van der Waals surface area contributed by atoms with Gasteiger partial charge in [0, 0.05) is 11.1 Å². The fourth-order valence-corrected chi connectivity index (χ4v) is 4.68. The maximum atomic E-state index is 13.7. The van der Waals surface area contributed by atoms with Crippen LogP contribution in [0.15, 0.2) is 47.4 Å². The summed E-state index contributed by atoms with van der Waals surface area (Å²) in [5.74, 6) is -1.66. The van der Waals surface area contributed by atoms with E-state index in [2.05, 4.69) is 0 Å². The van der Waals surface area contributed by atoms with Crippen LogP contribution in [0, 0.1) is 19.7 Å². The molecule has 0 aliphatic carbocycles. The monoisotopic (exact) mass is 361 g/mol. The summed E-state index contributed by atoms with van der Waals surface area (Å²) in [6.07, 6.45) is -0.387. The second-order valence-corrected chi connectivity index (χ2v) is 7.67. The standard InChI is InChI=1S/C18H16FNO4S/c1-11-4-3-5-14(8-11)25(23,24)20-12(2)15(10-18(21)22)16-9-13(19)6-7-17(16)20/h3-9H,10H2,1-2H3,(H,21,22). The molecular weight excluding hydrogens is 345 g/mol. The molecule has 25 heavy (non-hydrogen) atoms. The first-order chi connectivity index (χ1) is 11.7. The number of aliphatic carboxylic acids is 1. The molecule has 0 saturated carbocycles. The summed E-state index contributed by atoms with van der Waals surface area (Å²) in [7, 11) is -3.95. The zero-order valence-electron chi connectivity index (χ0n) is 13.7. The van der Waals surface area contributed by atoms with Crippen LogP contribution >= 0.6 is 0 Å². The van der Waals surface area contributed by atoms with Gasteiger partial charge < -0.3 is 5.11 Å². The third-order valence-corrected chi connectivity index (χ3v) is 5.90. The second-order valence-electron chi connectivity index (χ2n) is 5.88. The summed E-state index contributed by atoms with van der Waals surface area (Å²) in [6.45, 7) is 3.31. The molecule has 0 radical (unpaired) electrons. The molecule has 0 atom stereocenters. The van der Waals surface area contributed by atoms with Crippen molar-refractivity contribution in [2.75, 3.05) is 0 Å². The number of carboxylic acids is 1. The number of halogens is 1. The third kappa shape index (κ3) is 2.91. The molecular formula is C18H16FNO4S. The van der Waals surface area contributed by atoms with E-state index in [0.717, 1.165) is 15.6 Å². The molecule has 0 bridgehead atoms. The number of hydrogen-bond acceptors (Lipinski definition) is 3. The van der Waals surface area contributed by atoms with Gasteiger partial charge in [-0.25, -0.2) is 16.8 Å². The van der Waals surface area contributed by atoms with Crippen molar-refractivity contribution in [1.29, 1.82) is 0 Å². The van der Waals surface area contributed by atoms with Crippen molar-refractivity contribution >= 4 is 26.9 Å². The van der Waals surface area contributed by atoms with Crippen molar-refractivity contribution in [3.8, 4) is 0 Å². The number of carbonyl (C=O) groups is 1. The van der Waals surface area contributed by atoms with Crippen LogP contribution in [0.1, 0.15) is 16.8 Å². The molecule has 0 spiro atoms. The highest BCUT2D eigenvalue weighted by Crippen LogP contribution is 2.31. The van der Waals surface area contributed by atoms with E-state index in [0.29, 0.717) is 5.56 Å². The molecule has 1 heterocycles. The molecule has 130 valence electrons. The van der Waals surface area contributed by atoms with Gasteiger partial charge in [0.25, 0.3) is 10.0 Å². The van der Waals surface area contributed by atoms with Crippen molar-refractivity contribution < 1.29 is 22.7 Å². The summed E-state index contributed by atoms with van der Waals surface area (Å²) in [5, 5.41) is 9.42. The van der Waals surface area contributed by atoms with Crippen LogP contribution < -0.4 is 0 Å². The Bertz CT molecular complexity index is 1100. The van der Waals surface area contributed by atoms with Crippen molar-refractivity contribution in [2.45, 2.75) is 25.2 Å². The number of hydrogen-bond donors (Lipinski definition) is 1. The van der Waals surface area contributed by atoms with Gasteiger partial charge >= 0.3 is 5.97 Å². The lowest BCUT2D eigenvalue weighted by atomic mass is 10.1. The zero-order valence-corrected chi connectivity index (χ0v) is 14.5. The quantitative estimate of drug-likeness (QED) is 0.774. The van der Waals surface area contributed by atoms with E-state index in [9.17, 15) is 17.6 Å².